The van der Waals surface area contributed by atoms with Crippen LogP contribution in [0.4, 0.5) is 5.95 Å². The molecule has 0 aliphatic carbocycles. The van der Waals surface area contributed by atoms with Crippen molar-refractivity contribution in [1.29, 1.82) is 5.26 Å². The van der Waals surface area contributed by atoms with Gasteiger partial charge in [0, 0.05) is 31.1 Å². The molecule has 194 valence electrons. The van der Waals surface area contributed by atoms with Crippen molar-refractivity contribution in [3.8, 4) is 6.07 Å². The highest BCUT2D eigenvalue weighted by Gasteiger charge is 2.23. The number of anilines is 1. The average molecular weight is 510 g/mol. The van der Waals surface area contributed by atoms with Gasteiger partial charge in [-0.1, -0.05) is 30.4 Å². The van der Waals surface area contributed by atoms with Crippen LogP contribution in [-0.4, -0.2) is 57.1 Å². The van der Waals surface area contributed by atoms with E-state index in [-0.39, 0.29) is 11.9 Å². The van der Waals surface area contributed by atoms with Gasteiger partial charge in [0.25, 0.3) is 11.8 Å². The molecule has 2 amide bonds. The topological polar surface area (TPSA) is 116 Å². The zero-order chi connectivity index (χ0) is 27.1. The smallest absolute Gasteiger partial charge is 0.258 e. The minimum Gasteiger partial charge on any atom is -0.339 e. The van der Waals surface area contributed by atoms with Crippen LogP contribution in [0.15, 0.2) is 65.8 Å². The summed E-state index contributed by atoms with van der Waals surface area (Å²) in [5.41, 5.74) is 3.27. The van der Waals surface area contributed by atoms with Gasteiger partial charge in [0.15, 0.2) is 5.65 Å². The van der Waals surface area contributed by atoms with Crippen molar-refractivity contribution in [2.45, 2.75) is 39.2 Å². The molecule has 1 unspecified atom stereocenters. The molecule has 1 fully saturated rings. The lowest BCUT2D eigenvalue weighted by Gasteiger charge is -2.26. The number of nitrogens with zero attached hydrogens (tertiary/aromatic N) is 6. The Bertz CT molecular complexity index is 1460. The van der Waals surface area contributed by atoms with Crippen LogP contribution in [0, 0.1) is 11.3 Å². The summed E-state index contributed by atoms with van der Waals surface area (Å²) in [6.07, 6.45) is 9.97. The van der Waals surface area contributed by atoms with Crippen molar-refractivity contribution in [2.75, 3.05) is 25.0 Å². The summed E-state index contributed by atoms with van der Waals surface area (Å²) < 4.78 is 1.85. The van der Waals surface area contributed by atoms with Gasteiger partial charge in [-0.25, -0.2) is 9.97 Å². The molecule has 1 aromatic carbocycles. The fourth-order valence-electron chi connectivity index (χ4n) is 4.44. The quantitative estimate of drug-likeness (QED) is 0.341. The summed E-state index contributed by atoms with van der Waals surface area (Å²) in [5.74, 6) is -0.151. The second-order valence-corrected chi connectivity index (χ2v) is 9.25. The molecule has 1 saturated heterocycles. The van der Waals surface area contributed by atoms with Gasteiger partial charge in [-0.3, -0.25) is 24.5 Å². The fraction of sp³-hybridized carbons (Fsp3) is 0.310. The number of nitriles is 1. The zero-order valence-electron chi connectivity index (χ0n) is 21.7. The van der Waals surface area contributed by atoms with Gasteiger partial charge >= 0.3 is 0 Å². The second-order valence-electron chi connectivity index (χ2n) is 9.25. The van der Waals surface area contributed by atoms with Gasteiger partial charge in [-0.15, -0.1) is 0 Å². The van der Waals surface area contributed by atoms with Gasteiger partial charge in [0.2, 0.25) is 5.95 Å². The lowest BCUT2D eigenvalue weighted by molar-refractivity contribution is 0.0724. The first-order valence-corrected chi connectivity index (χ1v) is 12.7. The van der Waals surface area contributed by atoms with Gasteiger partial charge in [0.1, 0.15) is 5.52 Å². The third-order valence-electron chi connectivity index (χ3n) is 6.68. The van der Waals surface area contributed by atoms with Crippen LogP contribution in [0.5, 0.6) is 0 Å². The molecule has 1 atom stereocenters. The van der Waals surface area contributed by atoms with Crippen molar-refractivity contribution in [3.63, 3.8) is 0 Å². The molecule has 9 heteroatoms. The Kier molecular flexibility index (Phi) is 8.44. The van der Waals surface area contributed by atoms with Crippen molar-refractivity contribution < 1.29 is 9.59 Å². The molecule has 3 aromatic rings. The summed E-state index contributed by atoms with van der Waals surface area (Å²) in [6, 6.07) is 10.1. The Hall–Kier alpha value is -4.58. The molecule has 0 spiro atoms. The van der Waals surface area contributed by atoms with Crippen molar-refractivity contribution in [3.05, 3.63) is 77.5 Å². The number of allylic oxidation sites excluding steroid dienone is 2. The fourth-order valence-corrected chi connectivity index (χ4v) is 4.44. The number of likely N-dealkylation sites (tertiary alicyclic amines) is 1. The third-order valence-corrected chi connectivity index (χ3v) is 6.68. The molecule has 0 bridgehead atoms. The van der Waals surface area contributed by atoms with Crippen molar-refractivity contribution in [1.82, 2.24) is 19.4 Å². The number of imidazole rings is 1. The number of aromatic nitrogens is 3. The summed E-state index contributed by atoms with van der Waals surface area (Å²) in [4.78, 5) is 41.7. The number of hydrogen-bond donors (Lipinski definition) is 1. The molecule has 38 heavy (non-hydrogen) atoms. The normalized spacial score (nSPS) is 14.9. The molecule has 4 rings (SSSR count). The lowest BCUT2D eigenvalue weighted by atomic mass is 10.1. The van der Waals surface area contributed by atoms with Crippen LogP contribution in [0.3, 0.4) is 0 Å². The van der Waals surface area contributed by atoms with Crippen LogP contribution < -0.4 is 5.32 Å². The monoisotopic (exact) mass is 509 g/mol. The molecule has 1 aliphatic rings. The van der Waals surface area contributed by atoms with E-state index in [0.29, 0.717) is 40.3 Å². The van der Waals surface area contributed by atoms with E-state index < -0.39 is 5.91 Å². The van der Waals surface area contributed by atoms with Crippen LogP contribution in [0.2, 0.25) is 0 Å². The van der Waals surface area contributed by atoms with E-state index in [4.69, 9.17) is 0 Å². The van der Waals surface area contributed by atoms with Crippen molar-refractivity contribution >= 4 is 35.1 Å². The first-order chi connectivity index (χ1) is 18.4. The minimum atomic E-state index is -0.396. The van der Waals surface area contributed by atoms with E-state index in [1.165, 1.54) is 6.07 Å². The van der Waals surface area contributed by atoms with Gasteiger partial charge in [0.05, 0.1) is 29.8 Å². The summed E-state index contributed by atoms with van der Waals surface area (Å²) >= 11 is 0. The maximum absolute atomic E-state index is 13.1. The average Bonchev–Trinajstić information content (AvgIpc) is 3.31. The van der Waals surface area contributed by atoms with E-state index in [1.54, 1.807) is 42.8 Å². The predicted octanol–water partition coefficient (Wildman–Crippen LogP) is 4.95. The van der Waals surface area contributed by atoms with E-state index in [9.17, 15) is 14.9 Å². The maximum atomic E-state index is 13.1. The van der Waals surface area contributed by atoms with E-state index >= 15 is 0 Å². The zero-order valence-corrected chi connectivity index (χ0v) is 21.7. The Morgan fingerprint density at radius 2 is 2.03 bits per heavy atom. The largest absolute Gasteiger partial charge is 0.339 e. The number of hydrogen-bond acceptors (Lipinski definition) is 6. The molecule has 9 nitrogen and oxygen atoms in total. The predicted molar refractivity (Wildman–Crippen MR) is 148 cm³/mol. The summed E-state index contributed by atoms with van der Waals surface area (Å²) in [6.45, 7) is 9.57. The van der Waals surface area contributed by atoms with Gasteiger partial charge in [-0.05, 0) is 57.4 Å². The number of amides is 2. The highest BCUT2D eigenvalue weighted by atomic mass is 16.2. The van der Waals surface area contributed by atoms with Crippen LogP contribution in [0.25, 0.3) is 11.2 Å². The number of carbonyl (C=O) groups excluding carboxylic acids is 2. The molecule has 3 heterocycles. The number of aliphatic imine (C=N–C) groups is 1. The highest BCUT2D eigenvalue weighted by molar-refractivity contribution is 6.04. The first-order valence-electron chi connectivity index (χ1n) is 12.7. The van der Waals surface area contributed by atoms with Crippen LogP contribution in [-0.2, 0) is 0 Å². The third kappa shape index (κ3) is 5.86. The van der Waals surface area contributed by atoms with Crippen molar-refractivity contribution in [2.24, 2.45) is 4.99 Å². The van der Waals surface area contributed by atoms with Gasteiger partial charge in [-0.2, -0.15) is 5.26 Å². The number of carbonyl (C=O) groups is 2. The van der Waals surface area contributed by atoms with E-state index in [0.717, 1.165) is 37.9 Å². The van der Waals surface area contributed by atoms with Gasteiger partial charge < -0.3 is 4.90 Å². The Morgan fingerprint density at radius 3 is 2.76 bits per heavy atom. The van der Waals surface area contributed by atoms with Crippen LogP contribution in [0.1, 0.15) is 65.4 Å². The molecule has 2 aromatic heterocycles. The first kappa shape index (κ1) is 26.5. The molecule has 1 aliphatic heterocycles. The lowest BCUT2D eigenvalue weighted by Crippen LogP contribution is -2.35. The highest BCUT2D eigenvalue weighted by Crippen LogP contribution is 2.29. The Morgan fingerprint density at radius 1 is 1.24 bits per heavy atom. The second kappa shape index (κ2) is 12.1. The SMILES string of the molecule is C=CC=NC/C=C(\C)C(C)n1c(NC(=O)c2cccc(C#N)c2)nc2cc(C(=O)N3CCCCC3)cnc21. The number of nitrogens with one attached hydrogen (secondary N) is 1. The Balaban J connectivity index is 1.72. The summed E-state index contributed by atoms with van der Waals surface area (Å²) in [7, 11) is 0. The number of benzene rings is 1. The summed E-state index contributed by atoms with van der Waals surface area (Å²) in [5, 5.41) is 12.1. The number of rotatable bonds is 8. The van der Waals surface area contributed by atoms with Crippen LogP contribution >= 0.6 is 0 Å². The van der Waals surface area contributed by atoms with E-state index in [1.807, 2.05) is 29.4 Å². The Labute approximate surface area is 222 Å². The maximum Gasteiger partial charge on any atom is 0.258 e. The molecular weight excluding hydrogens is 478 g/mol. The minimum absolute atomic E-state index is 0.0586. The number of pyridine rings is 1. The van der Waals surface area contributed by atoms with E-state index in [2.05, 4.69) is 32.9 Å². The molecule has 0 radical (unpaired) electrons. The molecule has 1 N–H and O–H groups in total. The number of fused-ring (bicyclic) bond motifs is 1. The molecule has 0 saturated carbocycles. The molecular formula is C29H31N7O2. The standard InChI is InChI=1S/C29H31N7O2/c1-4-12-31-13-11-20(2)21(3)36-26-25(17-24(19-32-26)28(38)35-14-6-5-7-15-35)33-29(36)34-27(37)23-10-8-9-22(16-23)18-30/h4,8-12,16-17,19,21H,1,5-7,13-15H2,2-3H3,(H,33,34,37)/b20-11+,31-12?. The number of piperidine rings is 1.